The third kappa shape index (κ3) is 23.3. The van der Waals surface area contributed by atoms with Gasteiger partial charge in [-0.25, -0.2) is 48.7 Å². The number of aromatic carboxylic acids is 1. The fourth-order valence-corrected chi connectivity index (χ4v) is 15.4. The Kier molecular flexibility index (Phi) is 29.4. The van der Waals surface area contributed by atoms with Crippen LogP contribution in [0.25, 0.3) is 99.7 Å². The zero-order valence-corrected chi connectivity index (χ0v) is 74.1. The van der Waals surface area contributed by atoms with Crippen LogP contribution in [0.15, 0.2) is 175 Å². The van der Waals surface area contributed by atoms with Crippen molar-refractivity contribution in [2.24, 2.45) is 0 Å². The topological polar surface area (TPSA) is 321 Å². The van der Waals surface area contributed by atoms with Crippen molar-refractivity contribution in [2.75, 3.05) is 80.8 Å². The molecule has 1 aliphatic heterocycles. The molecule has 0 bridgehead atoms. The number of hydrogen-bond acceptors (Lipinski definition) is 20. The van der Waals surface area contributed by atoms with Crippen molar-refractivity contribution >= 4 is 179 Å². The van der Waals surface area contributed by atoms with Crippen LogP contribution in [0.4, 0.5) is 0 Å². The number of esters is 2. The lowest BCUT2D eigenvalue weighted by molar-refractivity contribution is 0.0592. The van der Waals surface area contributed by atoms with Crippen LogP contribution in [0, 0.1) is 11.1 Å². The number of pyridine rings is 5. The predicted octanol–water partition coefficient (Wildman–Crippen LogP) is 16.2. The van der Waals surface area contributed by atoms with Crippen molar-refractivity contribution in [1.29, 1.82) is 0 Å². The summed E-state index contributed by atoms with van der Waals surface area (Å²) in [6.45, 7) is 21.7. The zero-order valence-electron chi connectivity index (χ0n) is 64.1. The number of aromatic amines is 3. The van der Waals surface area contributed by atoms with Crippen molar-refractivity contribution < 1.29 is 43.2 Å². The highest BCUT2D eigenvalue weighted by atomic mass is 127. The van der Waals surface area contributed by atoms with Gasteiger partial charge in [-0.3, -0.25) is 25.0 Å². The Hall–Kier alpha value is -9.20. The largest absolute Gasteiger partial charge is 0.478 e. The molecule has 0 atom stereocenters. The number of nitrogens with one attached hydrogen (secondary N) is 3. The number of fused-ring (bicyclic) bond motifs is 5. The normalized spacial score (nSPS) is 12.4. The Morgan fingerprint density at radius 1 is 0.513 bits per heavy atom. The van der Waals surface area contributed by atoms with Gasteiger partial charge in [-0.2, -0.15) is 25.5 Å². The zero-order chi connectivity index (χ0) is 80.5. The average molecular weight is 1960 g/mol. The smallest absolute Gasteiger partial charge is 0.337 e. The number of rotatable bonds is 21. The van der Waals surface area contributed by atoms with Crippen molar-refractivity contribution in [1.82, 2.24) is 89.8 Å². The molecular weight excluding hydrogens is 1870 g/mol. The van der Waals surface area contributed by atoms with E-state index in [0.29, 0.717) is 30.2 Å². The van der Waals surface area contributed by atoms with Gasteiger partial charge in [-0.05, 0) is 211 Å². The third-order valence-electron chi connectivity index (χ3n) is 18.1. The fourth-order valence-electron chi connectivity index (χ4n) is 11.7. The molecule has 0 spiro atoms. The maximum atomic E-state index is 13.3. The number of amides is 1. The summed E-state index contributed by atoms with van der Waals surface area (Å²) in [7, 11) is 4.69. The van der Waals surface area contributed by atoms with Gasteiger partial charge in [0.2, 0.25) is 0 Å². The average Bonchev–Trinajstić information content (AvgIpc) is 1.79. The molecule has 14 aromatic rings. The van der Waals surface area contributed by atoms with Gasteiger partial charge in [-0.15, -0.1) is 0 Å². The highest BCUT2D eigenvalue weighted by molar-refractivity contribution is 14.1. The number of carboxylic acids is 1. The minimum absolute atomic E-state index is 0.0982. The summed E-state index contributed by atoms with van der Waals surface area (Å²) in [5.74, 6) is -1.54. The summed E-state index contributed by atoms with van der Waals surface area (Å²) in [6, 6.07) is 41.6. The van der Waals surface area contributed by atoms with E-state index in [1.807, 2.05) is 94.6 Å². The quantitative estimate of drug-likeness (QED) is 0.0225. The van der Waals surface area contributed by atoms with Crippen LogP contribution in [0.2, 0.25) is 51.4 Å². The summed E-state index contributed by atoms with van der Waals surface area (Å²) in [5.41, 5.74) is 13.2. The number of aromatic nitrogens is 15. The number of carbonyl (C=O) groups is 4. The SMILES string of the molecule is Brc1cnc2[nH]ncc2c1.CN(C)CCN1CCN(C(=O)c2cccc(-c3cnc4c(c3)c(I)nn4COCC[Si](C)(C)C)c2)CC1.COC(=O)c1cccc(-c2cnc3[nH]ncc3c2)c1.COC(=O)c1cccc(-c2cnc3n[nH]c(I)c3c2)c1.C[Si](C)(C)CCOCn1nc(I)c2cc(-c3cccc(C(=O)O)c3)cnc21. The van der Waals surface area contributed by atoms with Gasteiger partial charge in [0.25, 0.3) is 5.91 Å². The molecule has 1 saturated heterocycles. The maximum Gasteiger partial charge on any atom is 0.337 e. The number of methoxy groups -OCH3 is 2. The molecule has 27 nitrogen and oxygen atoms in total. The van der Waals surface area contributed by atoms with Crippen LogP contribution in [-0.2, 0) is 32.4 Å². The first kappa shape index (κ1) is 84.7. The van der Waals surface area contributed by atoms with Gasteiger partial charge >= 0.3 is 17.9 Å². The number of nitrogens with zero attached hydrogens (tertiary/aromatic N) is 15. The number of ether oxygens (including phenoxy) is 4. The second kappa shape index (κ2) is 39.2. The van der Waals surface area contributed by atoms with E-state index in [4.69, 9.17) is 23.9 Å². The van der Waals surface area contributed by atoms with Gasteiger partial charge in [0.15, 0.2) is 28.2 Å². The number of hydrogen-bond donors (Lipinski definition) is 4. The molecule has 1 aliphatic rings. The number of halogens is 4. The van der Waals surface area contributed by atoms with E-state index in [9.17, 15) is 24.3 Å². The molecule has 1 amide bonds. The van der Waals surface area contributed by atoms with Crippen molar-refractivity contribution in [3.05, 3.63) is 209 Å². The molecule has 10 aromatic heterocycles. The molecule has 586 valence electrons. The van der Waals surface area contributed by atoms with E-state index >= 15 is 0 Å². The number of H-pyrrole nitrogens is 3. The summed E-state index contributed by atoms with van der Waals surface area (Å²) in [6.07, 6.45) is 12.3. The lowest BCUT2D eigenvalue weighted by Gasteiger charge is -2.35. The van der Waals surface area contributed by atoms with Crippen LogP contribution in [0.3, 0.4) is 0 Å². The van der Waals surface area contributed by atoms with E-state index in [0.717, 1.165) is 180 Å². The summed E-state index contributed by atoms with van der Waals surface area (Å²) in [5, 5.41) is 43.5. The summed E-state index contributed by atoms with van der Waals surface area (Å²) < 4.78 is 28.4. The second-order valence-corrected chi connectivity index (χ2v) is 44.4. The Balaban J connectivity index is 0.000000147. The first-order chi connectivity index (χ1) is 54.2. The lowest BCUT2D eigenvalue weighted by atomic mass is 10.0. The molecule has 15 rings (SSSR count). The molecule has 0 saturated carbocycles. The van der Waals surface area contributed by atoms with Crippen LogP contribution in [0.5, 0.6) is 0 Å². The Morgan fingerprint density at radius 2 is 0.947 bits per heavy atom. The van der Waals surface area contributed by atoms with E-state index in [2.05, 4.69) is 214 Å². The molecule has 1 fully saturated rings. The molecule has 113 heavy (non-hydrogen) atoms. The molecule has 11 heterocycles. The molecule has 0 radical (unpaired) electrons. The molecular formula is C80H86BrI3N18O9Si2. The maximum absolute atomic E-state index is 13.3. The molecule has 33 heteroatoms. The minimum Gasteiger partial charge on any atom is -0.478 e. The van der Waals surface area contributed by atoms with E-state index in [1.165, 1.54) is 14.2 Å². The predicted molar refractivity (Wildman–Crippen MR) is 473 cm³/mol. The van der Waals surface area contributed by atoms with Crippen LogP contribution in [-0.4, -0.2) is 216 Å². The van der Waals surface area contributed by atoms with Crippen molar-refractivity contribution in [2.45, 2.75) is 64.8 Å². The highest BCUT2D eigenvalue weighted by Crippen LogP contribution is 2.31. The number of likely N-dealkylation sites (N-methyl/N-ethyl adjacent to an activating group) is 1. The van der Waals surface area contributed by atoms with Crippen LogP contribution >= 0.6 is 83.7 Å². The number of piperazine rings is 1. The fraction of sp³-hybridized carbons (Fsp3) is 0.275. The Bertz CT molecular complexity index is 5660. The molecule has 0 aliphatic carbocycles. The molecule has 4 aromatic carbocycles. The molecule has 0 unspecified atom stereocenters. The Labute approximate surface area is 704 Å². The number of benzene rings is 4. The minimum atomic E-state index is -1.13. The summed E-state index contributed by atoms with van der Waals surface area (Å²) in [4.78, 5) is 76.1. The number of carboxylic acid groups (broad SMARTS) is 1. The van der Waals surface area contributed by atoms with Crippen molar-refractivity contribution in [3.63, 3.8) is 0 Å². The van der Waals surface area contributed by atoms with Gasteiger partial charge in [-0.1, -0.05) is 87.8 Å². The van der Waals surface area contributed by atoms with Crippen LogP contribution in [0.1, 0.15) is 41.4 Å². The van der Waals surface area contributed by atoms with Gasteiger partial charge in [0.05, 0.1) is 59.5 Å². The van der Waals surface area contributed by atoms with Crippen molar-refractivity contribution in [3.8, 4) is 44.5 Å². The first-order valence-electron chi connectivity index (χ1n) is 36.1. The molecule has 4 N–H and O–H groups in total. The van der Waals surface area contributed by atoms with Gasteiger partial charge in [0.1, 0.15) is 24.6 Å². The Morgan fingerprint density at radius 3 is 1.43 bits per heavy atom. The van der Waals surface area contributed by atoms with Crippen LogP contribution < -0.4 is 0 Å². The van der Waals surface area contributed by atoms with Gasteiger partial charge in [0, 0.05) is 143 Å². The van der Waals surface area contributed by atoms with E-state index in [-0.39, 0.29) is 23.4 Å². The number of carbonyl (C=O) groups excluding carboxylic acids is 3. The third-order valence-corrected chi connectivity index (χ3v) is 24.3. The standard InChI is InChI=1S/C27H39IN6O2Si.C19H22IN3O3Si.C14H10IN3O2.C14H11N3O2.C6H4BrN3/c1-31(2)9-10-32-11-13-33(14-12-32)27(35)22-8-6-7-21(17-22)23-18-24-25(28)30-34(26(24)29-19-23)20-36-15-16-37(3,4)5;1-27(2,3)8-7-26-12-23-18-16(17(20)22-23)10-15(11-21-18)13-5-4-6-14(9-13)19(24)25;1-20-14(19)9-4-2-3-8(5-9)10-6-11-12(15)17-18-13(11)16-7-10;1-19-14(18)10-4-2-3-9(5-10)11-6-12-8-16-17-13(12)15-7-11;7-5-1-4-2-9-10-6(4)8-3-5/h6-8,17-19H,9-16,20H2,1-5H3;4-6,9-11H,7-8,12H2,1-3H3,(H,24,25);2-7H,1H3,(H,16,17,18);2-8H,1H3,(H,15,16,17);1-3H,(H,8,9,10). The monoisotopic (exact) mass is 1960 g/mol. The van der Waals surface area contributed by atoms with E-state index in [1.54, 1.807) is 84.3 Å². The lowest BCUT2D eigenvalue weighted by Crippen LogP contribution is -2.49. The second-order valence-electron chi connectivity index (χ2n) is 29.1. The van der Waals surface area contributed by atoms with Gasteiger partial charge < -0.3 is 33.9 Å². The first-order valence-corrected chi connectivity index (χ1v) is 47.5. The van der Waals surface area contributed by atoms with E-state index < -0.39 is 22.1 Å². The highest BCUT2D eigenvalue weighted by Gasteiger charge is 2.24. The summed E-state index contributed by atoms with van der Waals surface area (Å²) >= 11 is 9.94.